The van der Waals surface area contributed by atoms with Crippen molar-refractivity contribution in [2.24, 2.45) is 0 Å². The van der Waals surface area contributed by atoms with E-state index in [2.05, 4.69) is 20.1 Å². The van der Waals surface area contributed by atoms with Gasteiger partial charge in [0.2, 0.25) is 5.95 Å². The van der Waals surface area contributed by atoms with E-state index >= 15 is 0 Å². The van der Waals surface area contributed by atoms with Crippen molar-refractivity contribution >= 4 is 5.95 Å². The lowest BCUT2D eigenvalue weighted by atomic mass is 10.2. The first-order valence-corrected chi connectivity index (χ1v) is 7.12. The van der Waals surface area contributed by atoms with Gasteiger partial charge in [-0.3, -0.25) is 9.78 Å². The molecule has 1 aromatic heterocycles. The highest BCUT2D eigenvalue weighted by molar-refractivity contribution is 5.57. The average Bonchev–Trinajstić information content (AvgIpc) is 2.77. The number of rotatable bonds is 2. The maximum absolute atomic E-state index is 12.2. The van der Waals surface area contributed by atoms with Crippen LogP contribution in [0.3, 0.4) is 0 Å². The molecule has 0 unspecified atom stereocenters. The molecule has 1 aliphatic rings. The molecule has 1 aliphatic heterocycles. The zero-order chi connectivity index (χ0) is 13.8. The molecule has 1 N–H and O–H groups in total. The first kappa shape index (κ1) is 12.8. The fraction of sp³-hybridized carbons (Fsp3) is 0.400. The Hall–Kier alpha value is -2.17. The molecule has 0 aliphatic carbocycles. The molecule has 2 aromatic rings. The van der Waals surface area contributed by atoms with Gasteiger partial charge in [0, 0.05) is 18.7 Å². The number of hydrogen-bond acceptors (Lipinski definition) is 4. The van der Waals surface area contributed by atoms with E-state index in [1.165, 1.54) is 12.8 Å². The summed E-state index contributed by atoms with van der Waals surface area (Å²) >= 11 is 0. The van der Waals surface area contributed by atoms with E-state index in [9.17, 15) is 4.79 Å². The molecule has 0 bridgehead atoms. The number of nitrogens with one attached hydrogen (secondary N) is 1. The molecule has 1 saturated heterocycles. The minimum Gasteiger partial charge on any atom is -0.341 e. The van der Waals surface area contributed by atoms with Gasteiger partial charge in [0.05, 0.1) is 0 Å². The number of anilines is 1. The van der Waals surface area contributed by atoms with Crippen molar-refractivity contribution in [1.29, 1.82) is 0 Å². The summed E-state index contributed by atoms with van der Waals surface area (Å²) in [6.45, 7) is 1.88. The summed E-state index contributed by atoms with van der Waals surface area (Å²) in [5.74, 6) is 0.594. The molecular formula is C15H18N4O. The molecule has 0 atom stereocenters. The van der Waals surface area contributed by atoms with Gasteiger partial charge < -0.3 is 4.90 Å². The lowest BCUT2D eigenvalue weighted by Crippen LogP contribution is -2.29. The number of aromatic nitrogens is 3. The molecule has 1 fully saturated rings. The van der Waals surface area contributed by atoms with E-state index < -0.39 is 0 Å². The summed E-state index contributed by atoms with van der Waals surface area (Å²) in [7, 11) is 0. The molecule has 0 radical (unpaired) electrons. The van der Waals surface area contributed by atoms with Gasteiger partial charge in [-0.1, -0.05) is 43.2 Å². The van der Waals surface area contributed by atoms with Crippen LogP contribution in [0.5, 0.6) is 0 Å². The summed E-state index contributed by atoms with van der Waals surface area (Å²) < 4.78 is 0. The fourth-order valence-electron chi connectivity index (χ4n) is 2.54. The molecule has 5 nitrogen and oxygen atoms in total. The minimum atomic E-state index is -0.176. The Morgan fingerprint density at radius 2 is 1.65 bits per heavy atom. The second-order valence-corrected chi connectivity index (χ2v) is 5.09. The van der Waals surface area contributed by atoms with Gasteiger partial charge in [-0.25, -0.2) is 0 Å². The molecule has 0 amide bonds. The Bertz CT molecular complexity index is 615. The van der Waals surface area contributed by atoms with Crippen LogP contribution in [0, 0.1) is 0 Å². The van der Waals surface area contributed by atoms with E-state index in [0.717, 1.165) is 31.5 Å². The van der Waals surface area contributed by atoms with Gasteiger partial charge in [-0.05, 0) is 12.8 Å². The number of hydrogen-bond donors (Lipinski definition) is 1. The monoisotopic (exact) mass is 270 g/mol. The quantitative estimate of drug-likeness (QED) is 0.909. The van der Waals surface area contributed by atoms with E-state index in [0.29, 0.717) is 11.6 Å². The van der Waals surface area contributed by atoms with Gasteiger partial charge >= 0.3 is 0 Å². The van der Waals surface area contributed by atoms with Crippen LogP contribution >= 0.6 is 0 Å². The van der Waals surface area contributed by atoms with Gasteiger partial charge in [-0.15, -0.1) is 10.2 Å². The Kier molecular flexibility index (Phi) is 3.76. The number of H-pyrrole nitrogens is 1. The van der Waals surface area contributed by atoms with E-state index in [1.54, 1.807) is 0 Å². The molecule has 20 heavy (non-hydrogen) atoms. The van der Waals surface area contributed by atoms with Crippen molar-refractivity contribution < 1.29 is 0 Å². The van der Waals surface area contributed by atoms with E-state index in [-0.39, 0.29) is 5.56 Å². The van der Waals surface area contributed by atoms with Crippen LogP contribution in [-0.4, -0.2) is 28.3 Å². The third-order valence-electron chi connectivity index (χ3n) is 3.64. The predicted octanol–water partition coefficient (Wildman–Crippen LogP) is 2.21. The fourth-order valence-corrected chi connectivity index (χ4v) is 2.54. The molecule has 2 heterocycles. The number of nitrogens with zero attached hydrogens (tertiary/aromatic N) is 3. The second-order valence-electron chi connectivity index (χ2n) is 5.09. The van der Waals surface area contributed by atoms with Crippen molar-refractivity contribution in [1.82, 2.24) is 15.2 Å². The van der Waals surface area contributed by atoms with Crippen LogP contribution in [-0.2, 0) is 0 Å². The highest BCUT2D eigenvalue weighted by Crippen LogP contribution is 2.15. The van der Waals surface area contributed by atoms with Crippen molar-refractivity contribution in [3.63, 3.8) is 0 Å². The molecule has 104 valence electrons. The SMILES string of the molecule is O=c1[nH]c(N2CCCCCC2)nnc1-c1ccccc1. The van der Waals surface area contributed by atoms with Gasteiger partial charge in [0.1, 0.15) is 0 Å². The zero-order valence-electron chi connectivity index (χ0n) is 11.4. The Balaban J connectivity index is 1.89. The largest absolute Gasteiger partial charge is 0.341 e. The summed E-state index contributed by atoms with van der Waals surface area (Å²) in [6, 6.07) is 9.42. The smallest absolute Gasteiger partial charge is 0.279 e. The normalized spacial score (nSPS) is 15.9. The summed E-state index contributed by atoms with van der Waals surface area (Å²) in [4.78, 5) is 17.2. The van der Waals surface area contributed by atoms with Crippen LogP contribution in [0.1, 0.15) is 25.7 Å². The van der Waals surface area contributed by atoms with Crippen molar-refractivity contribution in [2.45, 2.75) is 25.7 Å². The maximum Gasteiger partial charge on any atom is 0.279 e. The van der Waals surface area contributed by atoms with Gasteiger partial charge in [0.15, 0.2) is 5.69 Å². The molecule has 0 spiro atoms. The average molecular weight is 270 g/mol. The van der Waals surface area contributed by atoms with Crippen LogP contribution in [0.25, 0.3) is 11.3 Å². The first-order chi connectivity index (χ1) is 9.84. The molecular weight excluding hydrogens is 252 g/mol. The Morgan fingerprint density at radius 1 is 0.950 bits per heavy atom. The van der Waals surface area contributed by atoms with Crippen LogP contribution < -0.4 is 10.5 Å². The van der Waals surface area contributed by atoms with Crippen LogP contribution in [0.4, 0.5) is 5.95 Å². The Morgan fingerprint density at radius 3 is 2.30 bits per heavy atom. The van der Waals surface area contributed by atoms with Crippen LogP contribution in [0.2, 0.25) is 0 Å². The molecule has 1 aromatic carbocycles. The second kappa shape index (κ2) is 5.86. The van der Waals surface area contributed by atoms with Crippen molar-refractivity contribution in [3.05, 3.63) is 40.7 Å². The lowest BCUT2D eigenvalue weighted by Gasteiger charge is -2.19. The first-order valence-electron chi connectivity index (χ1n) is 7.12. The molecule has 5 heteroatoms. The van der Waals surface area contributed by atoms with Crippen LogP contribution in [0.15, 0.2) is 35.1 Å². The summed E-state index contributed by atoms with van der Waals surface area (Å²) in [6.07, 6.45) is 4.78. The molecule has 0 saturated carbocycles. The van der Waals surface area contributed by atoms with Crippen molar-refractivity contribution in [3.8, 4) is 11.3 Å². The minimum absolute atomic E-state index is 0.176. The highest BCUT2D eigenvalue weighted by Gasteiger charge is 2.14. The van der Waals surface area contributed by atoms with Gasteiger partial charge in [0.25, 0.3) is 5.56 Å². The molecule has 3 rings (SSSR count). The zero-order valence-corrected chi connectivity index (χ0v) is 11.4. The lowest BCUT2D eigenvalue weighted by molar-refractivity contribution is 0.726. The summed E-state index contributed by atoms with van der Waals surface area (Å²) in [5.41, 5.74) is 0.998. The third-order valence-corrected chi connectivity index (χ3v) is 3.64. The van der Waals surface area contributed by atoms with E-state index in [1.807, 2.05) is 30.3 Å². The topological polar surface area (TPSA) is 61.9 Å². The summed E-state index contributed by atoms with van der Waals surface area (Å²) in [5, 5.41) is 8.32. The number of benzene rings is 1. The third kappa shape index (κ3) is 2.71. The van der Waals surface area contributed by atoms with E-state index in [4.69, 9.17) is 0 Å². The highest BCUT2D eigenvalue weighted by atomic mass is 16.1. The number of aromatic amines is 1. The predicted molar refractivity (Wildman–Crippen MR) is 78.8 cm³/mol. The van der Waals surface area contributed by atoms with Crippen molar-refractivity contribution in [2.75, 3.05) is 18.0 Å². The standard InChI is InChI=1S/C15H18N4O/c20-14-13(12-8-4-3-5-9-12)17-18-15(16-14)19-10-6-1-2-7-11-19/h3-5,8-9H,1-2,6-7,10-11H2,(H,16,18,20). The maximum atomic E-state index is 12.2. The van der Waals surface area contributed by atoms with Gasteiger partial charge in [-0.2, -0.15) is 0 Å². The Labute approximate surface area is 117 Å².